The molecule has 482 valence electrons. The molecule has 27 heteroatoms. The summed E-state index contributed by atoms with van der Waals surface area (Å²) in [6.07, 6.45) is -34.2. The highest BCUT2D eigenvalue weighted by Gasteiger charge is 2.73. The number of hydrogen-bond donors (Lipinski definition) is 16. The van der Waals surface area contributed by atoms with Crippen molar-refractivity contribution in [2.75, 3.05) is 33.0 Å². The SMILES string of the molecule is CC1(C)CC[C@]2(C(=O)O[C@@H]3OC[C@@H](O)[C@H](O)[C@H]3O[C@@H]3O[C@@H](CO)[C@H](O[C@@H]4OC[C@@H](O)[C@H](O)[C@H]4O)[C@@H](O)[C@H]3O)[C@H](O)C[C@]3(C)C(=CC[C@@H]4[C@@]5(C)C[C@H](O)[C@H](O[C@@H]6O[C@H](CO[C@H]7OC[C@@H](O)[C@@H](O)[C@@H]7O)[C@@H](O)[C@H](O)[C@H]6O)C(C)(C)[C@@H]5CC[C@]43C)[C@@H]2C1. The molecule has 0 aromatic carbocycles. The van der Waals surface area contributed by atoms with E-state index in [2.05, 4.69) is 40.7 Å². The van der Waals surface area contributed by atoms with E-state index in [-0.39, 0.29) is 43.1 Å². The first-order valence-corrected chi connectivity index (χ1v) is 29.7. The predicted molar refractivity (Wildman–Crippen MR) is 280 cm³/mol. The lowest BCUT2D eigenvalue weighted by molar-refractivity contribution is -0.372. The van der Waals surface area contributed by atoms with Gasteiger partial charge in [-0.2, -0.15) is 0 Å². The van der Waals surface area contributed by atoms with Crippen LogP contribution in [0.25, 0.3) is 0 Å². The van der Waals surface area contributed by atoms with Gasteiger partial charge < -0.3 is 129 Å². The van der Waals surface area contributed by atoms with E-state index in [4.69, 9.17) is 47.4 Å². The number of rotatable bonds is 12. The van der Waals surface area contributed by atoms with E-state index < -0.39 is 219 Å². The molecule has 0 aromatic rings. The lowest BCUT2D eigenvalue weighted by atomic mass is 9.33. The molecule has 5 saturated heterocycles. The van der Waals surface area contributed by atoms with Crippen LogP contribution in [0, 0.1) is 50.2 Å². The Morgan fingerprint density at radius 3 is 1.76 bits per heavy atom. The van der Waals surface area contributed by atoms with Gasteiger partial charge in [-0.25, -0.2) is 0 Å². The second-order valence-electron chi connectivity index (χ2n) is 28.0. The summed E-state index contributed by atoms with van der Waals surface area (Å²) < 4.78 is 58.4. The topological polar surface area (TPSA) is 433 Å². The average Bonchev–Trinajstić information content (AvgIpc) is 0.688. The van der Waals surface area contributed by atoms with Crippen LogP contribution in [0.5, 0.6) is 0 Å². The van der Waals surface area contributed by atoms with E-state index in [0.717, 1.165) is 5.57 Å². The molecule has 16 N–H and O–H groups in total. The number of fused-ring (bicyclic) bond motifs is 7. The summed E-state index contributed by atoms with van der Waals surface area (Å²) in [5.41, 5.74) is -3.46. The molecule has 10 rings (SSSR count). The number of aliphatic hydroxyl groups is 16. The van der Waals surface area contributed by atoms with Gasteiger partial charge in [0.1, 0.15) is 103 Å². The summed E-state index contributed by atoms with van der Waals surface area (Å²) in [5.74, 6) is -1.60. The number of aliphatic hydroxyl groups excluding tert-OH is 16. The largest absolute Gasteiger partial charge is 0.432 e. The Bertz CT molecular complexity index is 2350. The fraction of sp³-hybridized carbons (Fsp3) is 0.947. The zero-order valence-corrected chi connectivity index (χ0v) is 48.6. The highest BCUT2D eigenvalue weighted by molar-refractivity contribution is 5.80. The first kappa shape index (κ1) is 65.2. The van der Waals surface area contributed by atoms with Crippen molar-refractivity contribution in [1.82, 2.24) is 0 Å². The van der Waals surface area contributed by atoms with Gasteiger partial charge in [-0.1, -0.05) is 60.1 Å². The Hall–Kier alpha value is -1.79. The summed E-state index contributed by atoms with van der Waals surface area (Å²) in [6.45, 7) is 12.1. The third kappa shape index (κ3) is 10.8. The van der Waals surface area contributed by atoms with E-state index in [1.807, 2.05) is 13.8 Å². The summed E-state index contributed by atoms with van der Waals surface area (Å²) in [7, 11) is 0. The van der Waals surface area contributed by atoms with E-state index in [0.29, 0.717) is 32.1 Å². The fourth-order valence-corrected chi connectivity index (χ4v) is 17.3. The molecule has 5 aliphatic carbocycles. The van der Waals surface area contributed by atoms with Crippen molar-refractivity contribution in [3.05, 3.63) is 11.6 Å². The maximum absolute atomic E-state index is 15.4. The molecule has 0 amide bonds. The van der Waals surface area contributed by atoms with E-state index >= 15 is 4.79 Å². The van der Waals surface area contributed by atoms with Gasteiger partial charge in [-0.3, -0.25) is 4.79 Å². The Morgan fingerprint density at radius 1 is 0.548 bits per heavy atom. The van der Waals surface area contributed by atoms with Crippen LogP contribution in [0.15, 0.2) is 11.6 Å². The van der Waals surface area contributed by atoms with Gasteiger partial charge in [0.2, 0.25) is 6.29 Å². The van der Waals surface area contributed by atoms with Crippen LogP contribution in [0.2, 0.25) is 0 Å². The van der Waals surface area contributed by atoms with Gasteiger partial charge in [-0.15, -0.1) is 0 Å². The predicted octanol–water partition coefficient (Wildman–Crippen LogP) is -4.35. The minimum atomic E-state index is -2.01. The lowest BCUT2D eigenvalue weighted by Gasteiger charge is -2.72. The van der Waals surface area contributed by atoms with Crippen molar-refractivity contribution >= 4 is 5.97 Å². The second-order valence-corrected chi connectivity index (χ2v) is 28.0. The summed E-state index contributed by atoms with van der Waals surface area (Å²) in [6, 6.07) is 0. The van der Waals surface area contributed by atoms with Crippen molar-refractivity contribution in [1.29, 1.82) is 0 Å². The first-order valence-electron chi connectivity index (χ1n) is 29.7. The highest BCUT2D eigenvalue weighted by Crippen LogP contribution is 2.76. The van der Waals surface area contributed by atoms with Crippen LogP contribution < -0.4 is 0 Å². The number of ether oxygens (including phenoxy) is 10. The van der Waals surface area contributed by atoms with Crippen molar-refractivity contribution in [3.63, 3.8) is 0 Å². The zero-order chi connectivity index (χ0) is 61.3. The maximum atomic E-state index is 15.4. The summed E-state index contributed by atoms with van der Waals surface area (Å²) in [4.78, 5) is 15.4. The van der Waals surface area contributed by atoms with Gasteiger partial charge in [0.25, 0.3) is 0 Å². The van der Waals surface area contributed by atoms with E-state index in [1.54, 1.807) is 0 Å². The van der Waals surface area contributed by atoms with Gasteiger partial charge in [-0.05, 0) is 96.2 Å². The molecule has 32 atom stereocenters. The smallest absolute Gasteiger partial charge is 0.317 e. The Balaban J connectivity index is 0.864. The highest BCUT2D eigenvalue weighted by atomic mass is 16.8. The van der Waals surface area contributed by atoms with Gasteiger partial charge in [0, 0.05) is 0 Å². The molecule has 5 aliphatic heterocycles. The quantitative estimate of drug-likeness (QED) is 0.0499. The molecular weight excluding hydrogens is 1120 g/mol. The molecule has 0 spiro atoms. The Morgan fingerprint density at radius 2 is 1.11 bits per heavy atom. The van der Waals surface area contributed by atoms with Crippen LogP contribution in [-0.4, -0.2) is 274 Å². The Kier molecular flexibility index (Phi) is 18.5. The molecule has 0 radical (unpaired) electrons. The standard InChI is InChI=1S/C57H92O27/c1-52(2)12-13-57(51(74)84-50-44(35(66)27(62)20-77-50)82-48-42(73)38(69)43(28(17-58)79-48)81-47-40(71)34(65)26(61)19-76-47)23(14-52)22-8-9-31-54(5)15-24(59)45(53(3,4)30(54)10-11-55(31,6)56(22,7)16-32(57)63)83-49-41(72)37(68)36(67)29(80-49)21-78-46-39(70)33(64)25(60)18-75-46/h8,23-50,58-73H,9-21H2,1-7H3/t23-,24-,25+,26+,27+,28-,29+,30-,31+,32+,33+,34-,35-,36+,37-,38-,39-,40+,41+,42+,43-,44+,45-,46+,47-,48-,49-,50-,54-,55+,56+,57+/m0/s1. The van der Waals surface area contributed by atoms with Crippen LogP contribution in [-0.2, 0) is 52.2 Å². The second kappa shape index (κ2) is 23.8. The summed E-state index contributed by atoms with van der Waals surface area (Å²) >= 11 is 0. The van der Waals surface area contributed by atoms with Crippen LogP contribution in [0.1, 0.15) is 99.8 Å². The summed E-state index contributed by atoms with van der Waals surface area (Å²) in [5, 5.41) is 175. The Labute approximate surface area is 486 Å². The number of carbonyl (C=O) groups is 1. The van der Waals surface area contributed by atoms with Crippen LogP contribution in [0.3, 0.4) is 0 Å². The maximum Gasteiger partial charge on any atom is 0.317 e. The van der Waals surface area contributed by atoms with Crippen molar-refractivity contribution < 1.29 is 134 Å². The number of carbonyl (C=O) groups excluding carboxylic acids is 1. The van der Waals surface area contributed by atoms with Gasteiger partial charge >= 0.3 is 5.97 Å². The molecule has 27 nitrogen and oxygen atoms in total. The van der Waals surface area contributed by atoms with Crippen molar-refractivity contribution in [2.45, 2.75) is 253 Å². The fourth-order valence-electron chi connectivity index (χ4n) is 17.3. The zero-order valence-electron chi connectivity index (χ0n) is 48.6. The first-order chi connectivity index (χ1) is 39.3. The third-order valence-electron chi connectivity index (χ3n) is 22.3. The minimum Gasteiger partial charge on any atom is -0.432 e. The number of hydrogen-bond acceptors (Lipinski definition) is 27. The number of esters is 1. The van der Waals surface area contributed by atoms with Crippen LogP contribution in [0.4, 0.5) is 0 Å². The van der Waals surface area contributed by atoms with E-state index in [9.17, 15) is 81.7 Å². The molecule has 9 fully saturated rings. The molecule has 10 aliphatic rings. The van der Waals surface area contributed by atoms with Gasteiger partial charge in [0.05, 0.1) is 51.3 Å². The molecule has 0 bridgehead atoms. The van der Waals surface area contributed by atoms with Gasteiger partial charge in [0.15, 0.2) is 31.3 Å². The third-order valence-corrected chi connectivity index (χ3v) is 22.3. The molecule has 0 unspecified atom stereocenters. The monoisotopic (exact) mass is 1210 g/mol. The van der Waals surface area contributed by atoms with E-state index in [1.165, 1.54) is 0 Å². The molecule has 4 saturated carbocycles. The van der Waals surface area contributed by atoms with Crippen molar-refractivity contribution in [2.24, 2.45) is 50.2 Å². The van der Waals surface area contributed by atoms with Crippen molar-refractivity contribution in [3.8, 4) is 0 Å². The molecule has 84 heavy (non-hydrogen) atoms. The molecule has 5 heterocycles. The minimum absolute atomic E-state index is 0.0821. The number of allylic oxidation sites excluding steroid dienone is 2. The normalized spacial score (nSPS) is 54.6. The molecule has 0 aromatic heterocycles. The average molecular weight is 1210 g/mol. The molecular formula is C57H92O27. The van der Waals surface area contributed by atoms with Crippen LogP contribution >= 0.6 is 0 Å². The lowest BCUT2D eigenvalue weighted by Crippen LogP contribution is -2.70.